The zero-order valence-corrected chi connectivity index (χ0v) is 10.3. The van der Waals surface area contributed by atoms with Crippen molar-refractivity contribution in [1.29, 1.82) is 5.26 Å². The molecule has 0 spiro atoms. The van der Waals surface area contributed by atoms with E-state index < -0.39 is 0 Å². The van der Waals surface area contributed by atoms with Crippen molar-refractivity contribution in [2.24, 2.45) is 0 Å². The Kier molecular flexibility index (Phi) is 3.07. The molecule has 0 aliphatic carbocycles. The monoisotopic (exact) mass is 276 g/mol. The maximum atomic E-state index is 8.99. The van der Waals surface area contributed by atoms with Gasteiger partial charge in [0.15, 0.2) is 0 Å². The minimum atomic E-state index is 0.403. The second-order valence-electron chi connectivity index (χ2n) is 3.22. The van der Waals surface area contributed by atoms with Gasteiger partial charge in [0.05, 0.1) is 12.1 Å². The number of fused-ring (bicyclic) bond motifs is 1. The Morgan fingerprint density at radius 3 is 2.94 bits per heavy atom. The lowest BCUT2D eigenvalue weighted by atomic mass is 10.1. The summed E-state index contributed by atoms with van der Waals surface area (Å²) in [5.74, 6) is 0.403. The molecular weight excluding hydrogens is 268 g/mol. The van der Waals surface area contributed by atoms with Crippen LogP contribution in [0.5, 0.6) is 5.88 Å². The number of ether oxygens (including phenoxy) is 1. The highest BCUT2D eigenvalue weighted by Crippen LogP contribution is 2.24. The molecule has 2 rings (SSSR count). The summed E-state index contributed by atoms with van der Waals surface area (Å²) >= 11 is 3.39. The number of aromatic nitrogens is 1. The summed E-state index contributed by atoms with van der Waals surface area (Å²) in [5.41, 5.74) is 1.29. The number of hydrogen-bond donors (Lipinski definition) is 0. The van der Waals surface area contributed by atoms with E-state index in [-0.39, 0.29) is 0 Å². The standard InChI is InChI=1S/C12H9BrN2O/c1-2-16-12-9(7-14)5-8-6-10(13)3-4-11(8)15-12/h3-6H,2H2,1H3. The van der Waals surface area contributed by atoms with Gasteiger partial charge in [-0.05, 0) is 31.2 Å². The summed E-state index contributed by atoms with van der Waals surface area (Å²) in [4.78, 5) is 4.31. The third-order valence-electron chi connectivity index (χ3n) is 2.14. The lowest BCUT2D eigenvalue weighted by Gasteiger charge is -2.06. The van der Waals surface area contributed by atoms with Crippen LogP contribution in [0.4, 0.5) is 0 Å². The van der Waals surface area contributed by atoms with E-state index in [1.54, 1.807) is 6.07 Å². The van der Waals surface area contributed by atoms with Gasteiger partial charge in [-0.2, -0.15) is 5.26 Å². The third kappa shape index (κ3) is 2.00. The molecule has 0 radical (unpaired) electrons. The average Bonchev–Trinajstić information content (AvgIpc) is 2.29. The Bertz CT molecular complexity index is 575. The van der Waals surface area contributed by atoms with Crippen molar-refractivity contribution in [1.82, 2.24) is 4.98 Å². The van der Waals surface area contributed by atoms with Gasteiger partial charge in [-0.3, -0.25) is 0 Å². The van der Waals surface area contributed by atoms with Crippen molar-refractivity contribution >= 4 is 26.8 Å². The molecule has 1 aromatic heterocycles. The van der Waals surface area contributed by atoms with Crippen molar-refractivity contribution in [2.45, 2.75) is 6.92 Å². The fourth-order valence-corrected chi connectivity index (χ4v) is 1.84. The highest BCUT2D eigenvalue weighted by molar-refractivity contribution is 9.10. The molecule has 1 heterocycles. The summed E-state index contributed by atoms with van der Waals surface area (Å²) in [7, 11) is 0. The summed E-state index contributed by atoms with van der Waals surface area (Å²) < 4.78 is 6.29. The molecule has 0 bridgehead atoms. The molecule has 0 unspecified atom stereocenters. The van der Waals surface area contributed by atoms with Crippen LogP contribution in [0.15, 0.2) is 28.7 Å². The summed E-state index contributed by atoms with van der Waals surface area (Å²) in [5, 5.41) is 9.92. The Labute approximate surface area is 102 Å². The van der Waals surface area contributed by atoms with Crippen molar-refractivity contribution in [2.75, 3.05) is 6.61 Å². The molecule has 80 valence electrons. The van der Waals surface area contributed by atoms with Crippen LogP contribution in [-0.2, 0) is 0 Å². The molecule has 0 N–H and O–H groups in total. The highest BCUT2D eigenvalue weighted by atomic mass is 79.9. The number of pyridine rings is 1. The van der Waals surface area contributed by atoms with E-state index in [2.05, 4.69) is 27.0 Å². The number of nitrogens with zero attached hydrogens (tertiary/aromatic N) is 2. The van der Waals surface area contributed by atoms with Gasteiger partial charge in [-0.25, -0.2) is 4.98 Å². The minimum absolute atomic E-state index is 0.403. The van der Waals surface area contributed by atoms with Crippen LogP contribution in [0.25, 0.3) is 10.9 Å². The van der Waals surface area contributed by atoms with Gasteiger partial charge < -0.3 is 4.74 Å². The van der Waals surface area contributed by atoms with Crippen molar-refractivity contribution in [3.05, 3.63) is 34.3 Å². The normalized spacial score (nSPS) is 10.1. The molecule has 3 nitrogen and oxygen atoms in total. The van der Waals surface area contributed by atoms with Gasteiger partial charge in [0.2, 0.25) is 5.88 Å². The van der Waals surface area contributed by atoms with Gasteiger partial charge in [0.1, 0.15) is 11.6 Å². The van der Waals surface area contributed by atoms with E-state index in [1.165, 1.54) is 0 Å². The molecule has 0 saturated carbocycles. The molecule has 4 heteroatoms. The predicted octanol–water partition coefficient (Wildman–Crippen LogP) is 3.27. The molecule has 0 amide bonds. The second kappa shape index (κ2) is 4.50. The van der Waals surface area contributed by atoms with Crippen LogP contribution >= 0.6 is 15.9 Å². The Morgan fingerprint density at radius 2 is 2.25 bits per heavy atom. The van der Waals surface area contributed by atoms with Crippen LogP contribution in [0.2, 0.25) is 0 Å². The van der Waals surface area contributed by atoms with E-state index in [0.29, 0.717) is 18.1 Å². The summed E-state index contributed by atoms with van der Waals surface area (Å²) in [6.45, 7) is 2.37. The van der Waals surface area contributed by atoms with Gasteiger partial charge in [-0.1, -0.05) is 15.9 Å². The minimum Gasteiger partial charge on any atom is -0.477 e. The quantitative estimate of drug-likeness (QED) is 0.846. The van der Waals surface area contributed by atoms with E-state index in [1.807, 2.05) is 25.1 Å². The van der Waals surface area contributed by atoms with Crippen molar-refractivity contribution < 1.29 is 4.74 Å². The molecule has 0 aliphatic rings. The van der Waals surface area contributed by atoms with Crippen LogP contribution in [-0.4, -0.2) is 11.6 Å². The lowest BCUT2D eigenvalue weighted by Crippen LogP contribution is -1.97. The van der Waals surface area contributed by atoms with Gasteiger partial charge >= 0.3 is 0 Å². The summed E-state index contributed by atoms with van der Waals surface area (Å²) in [6.07, 6.45) is 0. The van der Waals surface area contributed by atoms with E-state index in [9.17, 15) is 0 Å². The number of nitriles is 1. The zero-order chi connectivity index (χ0) is 11.5. The second-order valence-corrected chi connectivity index (χ2v) is 4.14. The first-order chi connectivity index (χ1) is 7.74. The van der Waals surface area contributed by atoms with E-state index in [0.717, 1.165) is 15.4 Å². The Morgan fingerprint density at radius 1 is 1.44 bits per heavy atom. The maximum absolute atomic E-state index is 8.99. The van der Waals surface area contributed by atoms with Crippen LogP contribution < -0.4 is 4.74 Å². The average molecular weight is 277 g/mol. The molecule has 1 aromatic carbocycles. The molecule has 0 fully saturated rings. The van der Waals surface area contributed by atoms with Crippen molar-refractivity contribution in [3.8, 4) is 11.9 Å². The molecule has 16 heavy (non-hydrogen) atoms. The van der Waals surface area contributed by atoms with Crippen molar-refractivity contribution in [3.63, 3.8) is 0 Å². The molecular formula is C12H9BrN2O. The van der Waals surface area contributed by atoms with E-state index in [4.69, 9.17) is 10.00 Å². The fourth-order valence-electron chi connectivity index (χ4n) is 1.46. The van der Waals surface area contributed by atoms with E-state index >= 15 is 0 Å². The predicted molar refractivity (Wildman–Crippen MR) is 65.3 cm³/mol. The van der Waals surface area contributed by atoms with Gasteiger partial charge in [0.25, 0.3) is 0 Å². The first-order valence-electron chi connectivity index (χ1n) is 4.88. The first kappa shape index (κ1) is 10.9. The smallest absolute Gasteiger partial charge is 0.232 e. The third-order valence-corrected chi connectivity index (χ3v) is 2.64. The molecule has 0 aliphatic heterocycles. The number of hydrogen-bond acceptors (Lipinski definition) is 3. The molecule has 0 atom stereocenters. The zero-order valence-electron chi connectivity index (χ0n) is 8.70. The maximum Gasteiger partial charge on any atom is 0.232 e. The summed E-state index contributed by atoms with van der Waals surface area (Å²) in [6, 6.07) is 9.61. The molecule has 0 saturated heterocycles. The van der Waals surface area contributed by atoms with Crippen LogP contribution in [0.1, 0.15) is 12.5 Å². The van der Waals surface area contributed by atoms with Crippen LogP contribution in [0, 0.1) is 11.3 Å². The number of benzene rings is 1. The first-order valence-corrected chi connectivity index (χ1v) is 5.67. The lowest BCUT2D eigenvalue weighted by molar-refractivity contribution is 0.327. The fraction of sp³-hybridized carbons (Fsp3) is 0.167. The van der Waals surface area contributed by atoms with Gasteiger partial charge in [0, 0.05) is 9.86 Å². The Balaban J connectivity index is 2.66. The Hall–Kier alpha value is -1.60. The highest BCUT2D eigenvalue weighted by Gasteiger charge is 2.07. The molecule has 2 aromatic rings. The number of rotatable bonds is 2. The number of halogens is 1. The SMILES string of the molecule is CCOc1nc2ccc(Br)cc2cc1C#N. The topological polar surface area (TPSA) is 45.9 Å². The van der Waals surface area contributed by atoms with Crippen LogP contribution in [0.3, 0.4) is 0 Å². The largest absolute Gasteiger partial charge is 0.477 e. The van der Waals surface area contributed by atoms with Gasteiger partial charge in [-0.15, -0.1) is 0 Å².